The van der Waals surface area contributed by atoms with Crippen LogP contribution in [0.2, 0.25) is 0 Å². The summed E-state index contributed by atoms with van der Waals surface area (Å²) in [4.78, 5) is 0. The van der Waals surface area contributed by atoms with Crippen molar-refractivity contribution in [1.82, 2.24) is 9.13 Å². The molecule has 2 aromatic heterocycles. The Morgan fingerprint density at radius 2 is 0.806 bits per heavy atom. The fraction of sp³-hybridized carbons (Fsp3) is 0.0164. The number of halogens is 3. The highest BCUT2D eigenvalue weighted by atomic mass is 19.4. The van der Waals surface area contributed by atoms with Gasteiger partial charge in [0.05, 0.1) is 103 Å². The molecule has 0 aliphatic carbocycles. The number of benzene rings is 9. The number of para-hydroxylation sites is 2. The van der Waals surface area contributed by atoms with E-state index in [1.54, 1.807) is 54.6 Å². The van der Waals surface area contributed by atoms with E-state index < -0.39 is 11.7 Å². The van der Waals surface area contributed by atoms with E-state index in [0.717, 1.165) is 66.9 Å². The molecule has 2 heterocycles. The summed E-state index contributed by atoms with van der Waals surface area (Å²) in [6.07, 6.45) is -4.70. The van der Waals surface area contributed by atoms with E-state index >= 15 is 0 Å². The van der Waals surface area contributed by atoms with Crippen LogP contribution in [0.4, 0.5) is 13.2 Å². The number of hydrogen-bond acceptors (Lipinski definition) is 6. The number of nitrogens with zero attached hydrogens (tertiary/aromatic N) is 8. The number of fused-ring (bicyclic) bond motifs is 6. The standard InChI is InChI=1S/C61H29F3N8/c62-61(63,64)44-14-18-48(43(26-44)35-70)49-19-15-45(71-56-7-3-1-5-50(56)54-27-39(12-21-58(54)71)46-16-9-36(30-65)23-41(46)33-68)29-52(49)53-25-38(32-67)11-20-59(53)72-57-8-4-2-6-51(57)55-28-40(13-22-60(55)72)47-17-10-37(31-66)24-42(47)34-69/h1-29H. The third-order valence-electron chi connectivity index (χ3n) is 13.2. The van der Waals surface area contributed by atoms with Gasteiger partial charge in [0.2, 0.25) is 0 Å². The molecule has 11 rings (SSSR count). The van der Waals surface area contributed by atoms with Crippen molar-refractivity contribution in [2.24, 2.45) is 0 Å². The van der Waals surface area contributed by atoms with Crippen LogP contribution in [0.25, 0.3) is 99.5 Å². The van der Waals surface area contributed by atoms with Crippen LogP contribution in [-0.4, -0.2) is 9.13 Å². The average molecular weight is 931 g/mol. The van der Waals surface area contributed by atoms with Crippen molar-refractivity contribution < 1.29 is 13.2 Å². The van der Waals surface area contributed by atoms with Gasteiger partial charge in [-0.3, -0.25) is 0 Å². The lowest BCUT2D eigenvalue weighted by Gasteiger charge is -2.20. The van der Waals surface area contributed by atoms with Gasteiger partial charge >= 0.3 is 6.18 Å². The average Bonchev–Trinajstić information content (AvgIpc) is 3.93. The maximum Gasteiger partial charge on any atom is 0.416 e. The first-order valence-corrected chi connectivity index (χ1v) is 22.3. The monoisotopic (exact) mass is 930 g/mol. The molecule has 8 nitrogen and oxygen atoms in total. The molecule has 0 atom stereocenters. The maximum absolute atomic E-state index is 14.2. The quantitative estimate of drug-likeness (QED) is 0.162. The minimum atomic E-state index is -4.70. The topological polar surface area (TPSA) is 153 Å². The zero-order chi connectivity index (χ0) is 49.8. The Labute approximate surface area is 409 Å². The van der Waals surface area contributed by atoms with Crippen LogP contribution < -0.4 is 0 Å². The van der Waals surface area contributed by atoms with Crippen molar-refractivity contribution in [3.05, 3.63) is 215 Å². The van der Waals surface area contributed by atoms with Crippen molar-refractivity contribution in [3.8, 4) is 92.3 Å². The zero-order valence-corrected chi connectivity index (χ0v) is 37.5. The van der Waals surface area contributed by atoms with Gasteiger partial charge in [0, 0.05) is 38.4 Å². The summed E-state index contributed by atoms with van der Waals surface area (Å²) >= 11 is 0. The second-order valence-electron chi connectivity index (χ2n) is 17.1. The number of rotatable bonds is 6. The van der Waals surface area contributed by atoms with E-state index in [2.05, 4.69) is 39.5 Å². The molecule has 0 aliphatic rings. The number of nitriles is 6. The second kappa shape index (κ2) is 17.1. The summed E-state index contributed by atoms with van der Waals surface area (Å²) < 4.78 is 46.7. The molecule has 0 spiro atoms. The van der Waals surface area contributed by atoms with E-state index in [4.69, 9.17) is 0 Å². The van der Waals surface area contributed by atoms with Gasteiger partial charge in [0.1, 0.15) is 0 Å². The van der Waals surface area contributed by atoms with Crippen molar-refractivity contribution in [2.45, 2.75) is 6.18 Å². The largest absolute Gasteiger partial charge is 0.416 e. The molecular formula is C61H29F3N8. The van der Waals surface area contributed by atoms with Crippen LogP contribution in [0.5, 0.6) is 0 Å². The van der Waals surface area contributed by atoms with Crippen LogP contribution in [0, 0.1) is 68.0 Å². The number of aromatic nitrogens is 2. The van der Waals surface area contributed by atoms with Crippen molar-refractivity contribution >= 4 is 43.6 Å². The molecule has 11 heteroatoms. The molecule has 0 amide bonds. The Hall–Kier alpha value is -10.7. The highest BCUT2D eigenvalue weighted by Gasteiger charge is 2.32. The molecule has 0 bridgehead atoms. The lowest BCUT2D eigenvalue weighted by Crippen LogP contribution is -2.06. The lowest BCUT2D eigenvalue weighted by molar-refractivity contribution is -0.137. The Balaban J connectivity index is 1.19. The van der Waals surface area contributed by atoms with Gasteiger partial charge in [-0.1, -0.05) is 72.8 Å². The van der Waals surface area contributed by atoms with E-state index in [0.29, 0.717) is 67.0 Å². The Kier molecular flexibility index (Phi) is 10.4. The van der Waals surface area contributed by atoms with E-state index in [-0.39, 0.29) is 11.1 Å². The number of alkyl halides is 3. The van der Waals surface area contributed by atoms with Gasteiger partial charge in [-0.15, -0.1) is 0 Å². The van der Waals surface area contributed by atoms with Gasteiger partial charge < -0.3 is 9.13 Å². The minimum Gasteiger partial charge on any atom is -0.309 e. The summed E-state index contributed by atoms with van der Waals surface area (Å²) in [5.41, 5.74) is 9.76. The highest BCUT2D eigenvalue weighted by Crippen LogP contribution is 2.45. The Bertz CT molecular complexity index is 4420. The summed E-state index contributed by atoms with van der Waals surface area (Å²) in [5.74, 6) is 0. The van der Waals surface area contributed by atoms with Gasteiger partial charge in [-0.2, -0.15) is 44.7 Å². The fourth-order valence-corrected chi connectivity index (χ4v) is 9.93. The van der Waals surface area contributed by atoms with E-state index in [1.807, 2.05) is 109 Å². The van der Waals surface area contributed by atoms with Crippen LogP contribution in [0.15, 0.2) is 176 Å². The minimum absolute atomic E-state index is 0.190. The first-order valence-electron chi connectivity index (χ1n) is 22.3. The molecule has 9 aromatic carbocycles. The molecule has 72 heavy (non-hydrogen) atoms. The molecule has 0 saturated heterocycles. The summed E-state index contributed by atoms with van der Waals surface area (Å²) in [6.45, 7) is 0. The van der Waals surface area contributed by atoms with Gasteiger partial charge in [-0.05, 0) is 137 Å². The SMILES string of the molecule is N#Cc1ccc(-c2ccc3c(c2)c2ccccc2n3-c2ccc(-c3ccc(C(F)(F)F)cc3C#N)c(-c3cc(C#N)ccc3-n3c4ccccc4c4cc(-c5ccc(C#N)cc5C#N)ccc43)c2)c(C#N)c1. The zero-order valence-electron chi connectivity index (χ0n) is 37.5. The summed E-state index contributed by atoms with van der Waals surface area (Å²) in [5, 5.41) is 63.7. The van der Waals surface area contributed by atoms with Gasteiger partial charge in [-0.25, -0.2) is 0 Å². The normalized spacial score (nSPS) is 11.2. The fourth-order valence-electron chi connectivity index (χ4n) is 9.93. The predicted octanol–water partition coefficient (Wildman–Crippen LogP) is 14.8. The first-order chi connectivity index (χ1) is 35.0. The second-order valence-corrected chi connectivity index (χ2v) is 17.1. The highest BCUT2D eigenvalue weighted by molar-refractivity contribution is 6.12. The van der Waals surface area contributed by atoms with E-state index in [1.165, 1.54) is 6.07 Å². The van der Waals surface area contributed by atoms with Crippen LogP contribution >= 0.6 is 0 Å². The Morgan fingerprint density at radius 1 is 0.333 bits per heavy atom. The molecule has 0 aliphatic heterocycles. The molecule has 0 saturated carbocycles. The molecule has 0 N–H and O–H groups in total. The lowest BCUT2D eigenvalue weighted by atomic mass is 9.89. The predicted molar refractivity (Wildman–Crippen MR) is 270 cm³/mol. The molecule has 0 fully saturated rings. The van der Waals surface area contributed by atoms with Crippen LogP contribution in [0.3, 0.4) is 0 Å². The van der Waals surface area contributed by atoms with Crippen molar-refractivity contribution in [1.29, 1.82) is 31.6 Å². The third kappa shape index (κ3) is 7.12. The molecular weight excluding hydrogens is 902 g/mol. The number of hydrogen-bond donors (Lipinski definition) is 0. The third-order valence-corrected chi connectivity index (χ3v) is 13.2. The molecule has 334 valence electrons. The summed E-state index contributed by atoms with van der Waals surface area (Å²) in [6, 6.07) is 64.4. The molecule has 0 radical (unpaired) electrons. The van der Waals surface area contributed by atoms with Crippen molar-refractivity contribution in [2.75, 3.05) is 0 Å². The summed E-state index contributed by atoms with van der Waals surface area (Å²) in [7, 11) is 0. The first kappa shape index (κ1) is 43.9. The molecule has 11 aromatic rings. The van der Waals surface area contributed by atoms with Gasteiger partial charge in [0.15, 0.2) is 0 Å². The van der Waals surface area contributed by atoms with Crippen LogP contribution in [-0.2, 0) is 6.18 Å². The Morgan fingerprint density at radius 3 is 1.36 bits per heavy atom. The van der Waals surface area contributed by atoms with Crippen LogP contribution in [0.1, 0.15) is 38.9 Å². The van der Waals surface area contributed by atoms with Gasteiger partial charge in [0.25, 0.3) is 0 Å². The smallest absolute Gasteiger partial charge is 0.309 e. The van der Waals surface area contributed by atoms with E-state index in [9.17, 15) is 44.7 Å². The molecule has 0 unspecified atom stereocenters. The van der Waals surface area contributed by atoms with Crippen molar-refractivity contribution in [3.63, 3.8) is 0 Å². The maximum atomic E-state index is 14.2.